The Hall–Kier alpha value is -0.930. The molecule has 1 nitrogen and oxygen atoms in total. The predicted octanol–water partition coefficient (Wildman–Crippen LogP) is 4.86. The second kappa shape index (κ2) is 5.81. The molecule has 0 aliphatic heterocycles. The van der Waals surface area contributed by atoms with Crippen LogP contribution in [-0.2, 0) is 6.42 Å². The number of aryl methyl sites for hydroxylation is 1. The quantitative estimate of drug-likeness (QED) is 0.733. The van der Waals surface area contributed by atoms with Gasteiger partial charge in [0.25, 0.3) is 0 Å². The summed E-state index contributed by atoms with van der Waals surface area (Å²) in [4.78, 5) is 4.20. The lowest BCUT2D eigenvalue weighted by atomic mass is 10.0. The molecule has 1 heterocycles. The second-order valence-electron chi connectivity index (χ2n) is 4.10. The summed E-state index contributed by atoms with van der Waals surface area (Å²) >= 11 is 9.25. The fourth-order valence-corrected chi connectivity index (χ4v) is 2.60. The van der Waals surface area contributed by atoms with E-state index in [2.05, 4.69) is 20.9 Å². The fourth-order valence-electron chi connectivity index (χ4n) is 1.77. The highest BCUT2D eigenvalue weighted by molar-refractivity contribution is 9.09. The van der Waals surface area contributed by atoms with Crippen molar-refractivity contribution in [1.29, 1.82) is 0 Å². The van der Waals surface area contributed by atoms with E-state index in [9.17, 15) is 4.39 Å². The van der Waals surface area contributed by atoms with Crippen LogP contribution in [0.4, 0.5) is 4.39 Å². The van der Waals surface area contributed by atoms with Crippen molar-refractivity contribution in [3.8, 4) is 0 Å². The van der Waals surface area contributed by atoms with Gasteiger partial charge in [-0.3, -0.25) is 4.98 Å². The van der Waals surface area contributed by atoms with E-state index in [0.717, 1.165) is 11.3 Å². The lowest BCUT2D eigenvalue weighted by molar-refractivity contribution is 0.607. The largest absolute Gasteiger partial charge is 0.261 e. The molecule has 1 aromatic carbocycles. The van der Waals surface area contributed by atoms with Gasteiger partial charge in [0.15, 0.2) is 0 Å². The van der Waals surface area contributed by atoms with Crippen LogP contribution in [-0.4, -0.2) is 4.98 Å². The summed E-state index contributed by atoms with van der Waals surface area (Å²) < 4.78 is 13.8. The molecule has 0 bridgehead atoms. The van der Waals surface area contributed by atoms with Gasteiger partial charge in [-0.1, -0.05) is 39.7 Å². The minimum atomic E-state index is -0.294. The third-order valence-corrected chi connectivity index (χ3v) is 3.84. The van der Waals surface area contributed by atoms with Crippen LogP contribution in [0.15, 0.2) is 36.5 Å². The minimum Gasteiger partial charge on any atom is -0.261 e. The number of benzene rings is 1. The van der Waals surface area contributed by atoms with E-state index in [-0.39, 0.29) is 10.6 Å². The molecule has 1 aromatic heterocycles. The van der Waals surface area contributed by atoms with Gasteiger partial charge in [0.1, 0.15) is 5.82 Å². The fraction of sp³-hybridized carbons (Fsp3) is 0.214. The molecule has 0 aliphatic carbocycles. The number of alkyl halides is 1. The summed E-state index contributed by atoms with van der Waals surface area (Å²) in [6.07, 6.45) is 2.39. The van der Waals surface area contributed by atoms with Gasteiger partial charge >= 0.3 is 0 Å². The van der Waals surface area contributed by atoms with Crippen LogP contribution < -0.4 is 0 Å². The smallest absolute Gasteiger partial charge is 0.129 e. The number of rotatable bonds is 3. The summed E-state index contributed by atoms with van der Waals surface area (Å²) in [5.41, 5.74) is 2.68. The zero-order valence-electron chi connectivity index (χ0n) is 9.83. The van der Waals surface area contributed by atoms with Gasteiger partial charge in [0.2, 0.25) is 0 Å². The molecule has 0 amide bonds. The number of nitrogens with zero attached hydrogens (tertiary/aromatic N) is 1. The van der Waals surface area contributed by atoms with E-state index in [1.54, 1.807) is 18.3 Å². The van der Waals surface area contributed by atoms with Crippen LogP contribution in [0.1, 0.15) is 21.6 Å². The van der Waals surface area contributed by atoms with Crippen LogP contribution in [0.2, 0.25) is 5.02 Å². The monoisotopic (exact) mass is 327 g/mol. The van der Waals surface area contributed by atoms with Gasteiger partial charge in [0.05, 0.1) is 0 Å². The Morgan fingerprint density at radius 2 is 2.17 bits per heavy atom. The Balaban J connectivity index is 2.22. The highest BCUT2D eigenvalue weighted by atomic mass is 79.9. The summed E-state index contributed by atoms with van der Waals surface area (Å²) in [7, 11) is 0. The second-order valence-corrected chi connectivity index (χ2v) is 5.65. The molecule has 94 valence electrons. The van der Waals surface area contributed by atoms with E-state index in [4.69, 9.17) is 11.6 Å². The Bertz CT molecular complexity index is 559. The molecule has 0 saturated heterocycles. The van der Waals surface area contributed by atoms with Crippen molar-refractivity contribution in [2.75, 3.05) is 0 Å². The van der Waals surface area contributed by atoms with Crippen molar-refractivity contribution in [1.82, 2.24) is 4.98 Å². The average Bonchev–Trinajstić information content (AvgIpc) is 2.32. The van der Waals surface area contributed by atoms with Crippen molar-refractivity contribution in [3.05, 3.63) is 64.2 Å². The van der Waals surface area contributed by atoms with Gasteiger partial charge in [-0.05, 0) is 30.7 Å². The van der Waals surface area contributed by atoms with Crippen LogP contribution >= 0.6 is 27.5 Å². The third kappa shape index (κ3) is 3.09. The molecule has 0 spiro atoms. The van der Waals surface area contributed by atoms with Gasteiger partial charge in [-0.2, -0.15) is 0 Å². The number of aromatic nitrogens is 1. The maximum atomic E-state index is 13.8. The first kappa shape index (κ1) is 13.5. The van der Waals surface area contributed by atoms with Crippen molar-refractivity contribution < 1.29 is 4.39 Å². The predicted molar refractivity (Wildman–Crippen MR) is 75.8 cm³/mol. The molecule has 0 N–H and O–H groups in total. The molecule has 1 unspecified atom stereocenters. The molecule has 0 aliphatic rings. The molecule has 0 saturated carbocycles. The zero-order valence-corrected chi connectivity index (χ0v) is 12.2. The molecule has 18 heavy (non-hydrogen) atoms. The first-order valence-corrected chi connectivity index (χ1v) is 6.87. The van der Waals surface area contributed by atoms with Crippen molar-refractivity contribution in [2.24, 2.45) is 0 Å². The van der Waals surface area contributed by atoms with E-state index in [1.807, 2.05) is 19.1 Å². The third-order valence-electron chi connectivity index (χ3n) is 2.79. The van der Waals surface area contributed by atoms with Crippen LogP contribution in [0.3, 0.4) is 0 Å². The Kier molecular flexibility index (Phi) is 4.36. The normalized spacial score (nSPS) is 12.4. The number of hydrogen-bond acceptors (Lipinski definition) is 1. The first-order chi connectivity index (χ1) is 8.58. The number of pyridine rings is 1. The van der Waals surface area contributed by atoms with Crippen molar-refractivity contribution in [3.63, 3.8) is 0 Å². The summed E-state index contributed by atoms with van der Waals surface area (Å²) in [5, 5.41) is 0.407. The molecule has 1 atom stereocenters. The van der Waals surface area contributed by atoms with Gasteiger partial charge in [-0.25, -0.2) is 4.39 Å². The SMILES string of the molecule is Cc1cccnc1CC(Br)c1ccc(Cl)cc1F. The first-order valence-electron chi connectivity index (χ1n) is 5.57. The lowest BCUT2D eigenvalue weighted by Crippen LogP contribution is -2.02. The van der Waals surface area contributed by atoms with E-state index in [1.165, 1.54) is 6.07 Å². The van der Waals surface area contributed by atoms with Crippen LogP contribution in [0, 0.1) is 12.7 Å². The molecule has 2 aromatic rings. The van der Waals surface area contributed by atoms with Crippen molar-refractivity contribution in [2.45, 2.75) is 18.2 Å². The summed E-state index contributed by atoms with van der Waals surface area (Å²) in [6.45, 7) is 2.00. The number of hydrogen-bond donors (Lipinski definition) is 0. The van der Waals surface area contributed by atoms with Crippen molar-refractivity contribution >= 4 is 27.5 Å². The highest BCUT2D eigenvalue weighted by Crippen LogP contribution is 2.30. The summed E-state index contributed by atoms with van der Waals surface area (Å²) in [6, 6.07) is 8.62. The maximum Gasteiger partial charge on any atom is 0.129 e. The maximum absolute atomic E-state index is 13.8. The average molecular weight is 329 g/mol. The topological polar surface area (TPSA) is 12.9 Å². The van der Waals surface area contributed by atoms with E-state index in [0.29, 0.717) is 17.0 Å². The highest BCUT2D eigenvalue weighted by Gasteiger charge is 2.15. The van der Waals surface area contributed by atoms with E-state index >= 15 is 0 Å². The number of halogens is 3. The minimum absolute atomic E-state index is 0.108. The summed E-state index contributed by atoms with van der Waals surface area (Å²) in [5.74, 6) is -0.294. The van der Waals surface area contributed by atoms with Gasteiger partial charge in [0, 0.05) is 33.7 Å². The molecular formula is C14H12BrClFN. The molecule has 2 rings (SSSR count). The van der Waals surface area contributed by atoms with Gasteiger partial charge < -0.3 is 0 Å². The van der Waals surface area contributed by atoms with Crippen LogP contribution in [0.5, 0.6) is 0 Å². The zero-order chi connectivity index (χ0) is 13.1. The Morgan fingerprint density at radius 1 is 1.39 bits per heavy atom. The lowest BCUT2D eigenvalue weighted by Gasteiger charge is -2.12. The van der Waals surface area contributed by atoms with Gasteiger partial charge in [-0.15, -0.1) is 0 Å². The van der Waals surface area contributed by atoms with Crippen LogP contribution in [0.25, 0.3) is 0 Å². The molecular weight excluding hydrogens is 317 g/mol. The molecule has 0 fully saturated rings. The Morgan fingerprint density at radius 3 is 2.83 bits per heavy atom. The van der Waals surface area contributed by atoms with E-state index < -0.39 is 0 Å². The Labute approximate surface area is 119 Å². The standard InChI is InChI=1S/C14H12BrClFN/c1-9-3-2-6-18-14(9)8-12(15)11-5-4-10(16)7-13(11)17/h2-7,12H,8H2,1H3. The molecule has 4 heteroatoms. The molecule has 0 radical (unpaired) electrons.